The maximum atomic E-state index is 6.22. The predicted octanol–water partition coefficient (Wildman–Crippen LogP) is 8.03. The third-order valence-corrected chi connectivity index (χ3v) is 5.56. The van der Waals surface area contributed by atoms with E-state index in [0.717, 1.165) is 30.0 Å². The Morgan fingerprint density at radius 3 is 1.64 bits per heavy atom. The molecule has 0 saturated carbocycles. The van der Waals surface area contributed by atoms with Crippen LogP contribution in [0.1, 0.15) is 90.4 Å². The summed E-state index contributed by atoms with van der Waals surface area (Å²) in [4.78, 5) is 0. The average molecular weight is 372 g/mol. The Bertz CT molecular complexity index is 209. The zero-order chi connectivity index (χ0) is 16.5. The van der Waals surface area contributed by atoms with Gasteiger partial charge in [0.15, 0.2) is 0 Å². The van der Waals surface area contributed by atoms with Crippen LogP contribution >= 0.6 is 34.8 Å². The maximum absolute atomic E-state index is 6.22. The van der Waals surface area contributed by atoms with Gasteiger partial charge < -0.3 is 0 Å². The Morgan fingerprint density at radius 1 is 0.591 bits per heavy atom. The van der Waals surface area contributed by atoms with Crippen LogP contribution in [-0.2, 0) is 0 Å². The summed E-state index contributed by atoms with van der Waals surface area (Å²) < 4.78 is 0. The Kier molecular flexibility index (Phi) is 18.9. The lowest BCUT2D eigenvalue weighted by Gasteiger charge is -2.22. The van der Waals surface area contributed by atoms with Gasteiger partial charge in [0.05, 0.1) is 0 Å². The van der Waals surface area contributed by atoms with Crippen LogP contribution in [0.3, 0.4) is 0 Å². The van der Waals surface area contributed by atoms with Crippen molar-refractivity contribution in [2.24, 2.45) is 11.8 Å². The molecule has 0 aliphatic heterocycles. The van der Waals surface area contributed by atoms with Gasteiger partial charge >= 0.3 is 0 Å². The van der Waals surface area contributed by atoms with Crippen LogP contribution in [0.4, 0.5) is 0 Å². The van der Waals surface area contributed by atoms with Crippen LogP contribution < -0.4 is 0 Å². The second-order valence-corrected chi connectivity index (χ2v) is 7.76. The van der Waals surface area contributed by atoms with Crippen LogP contribution in [-0.4, -0.2) is 17.6 Å². The second-order valence-electron chi connectivity index (χ2n) is 6.69. The van der Waals surface area contributed by atoms with E-state index in [-0.39, 0.29) is 0 Å². The van der Waals surface area contributed by atoms with Gasteiger partial charge in [-0.25, -0.2) is 0 Å². The number of hydrogen-bond donors (Lipinski definition) is 0. The van der Waals surface area contributed by atoms with Crippen molar-refractivity contribution < 1.29 is 0 Å². The molecular weight excluding hydrogens is 335 g/mol. The third kappa shape index (κ3) is 14.5. The standard InChI is InChI=1S/C19H37Cl3/c1-2-3-11-18(12-7-4-5-9-14-20)16-19(17-22)13-8-6-10-15-21/h18-19H,2-17H2,1H3. The molecule has 0 saturated heterocycles. The molecule has 0 radical (unpaired) electrons. The smallest absolute Gasteiger partial charge is 0.0251 e. The van der Waals surface area contributed by atoms with Crippen LogP contribution in [0.2, 0.25) is 0 Å². The van der Waals surface area contributed by atoms with Crippen LogP contribution in [0.5, 0.6) is 0 Å². The lowest BCUT2D eigenvalue weighted by molar-refractivity contribution is 0.319. The van der Waals surface area contributed by atoms with Crippen molar-refractivity contribution >= 4 is 34.8 Å². The molecule has 0 aromatic carbocycles. The number of halogens is 3. The van der Waals surface area contributed by atoms with E-state index in [2.05, 4.69) is 6.92 Å². The first-order valence-electron chi connectivity index (χ1n) is 9.46. The summed E-state index contributed by atoms with van der Waals surface area (Å²) in [7, 11) is 0. The SMILES string of the molecule is CCCCC(CCCCCCCl)CC(CCl)CCCCCCl. The quantitative estimate of drug-likeness (QED) is 0.179. The summed E-state index contributed by atoms with van der Waals surface area (Å²) in [6.45, 7) is 2.29. The largest absolute Gasteiger partial charge is 0.127 e. The van der Waals surface area contributed by atoms with Crippen molar-refractivity contribution in [1.82, 2.24) is 0 Å². The Labute approximate surface area is 154 Å². The lowest BCUT2D eigenvalue weighted by Crippen LogP contribution is -2.11. The van der Waals surface area contributed by atoms with Gasteiger partial charge in [-0.1, -0.05) is 64.7 Å². The molecular formula is C19H37Cl3. The number of unbranched alkanes of at least 4 members (excludes halogenated alkanes) is 6. The molecule has 22 heavy (non-hydrogen) atoms. The third-order valence-electron chi connectivity index (χ3n) is 4.59. The fourth-order valence-corrected chi connectivity index (χ4v) is 3.85. The summed E-state index contributed by atoms with van der Waals surface area (Å²) in [5.41, 5.74) is 0. The van der Waals surface area contributed by atoms with Gasteiger partial charge in [0.25, 0.3) is 0 Å². The zero-order valence-electron chi connectivity index (χ0n) is 14.6. The molecule has 2 unspecified atom stereocenters. The molecule has 0 amide bonds. The van der Waals surface area contributed by atoms with Gasteiger partial charge in [0.1, 0.15) is 0 Å². The highest BCUT2D eigenvalue weighted by atomic mass is 35.5. The molecule has 0 aromatic heterocycles. The summed E-state index contributed by atoms with van der Waals surface area (Å²) in [6, 6.07) is 0. The second kappa shape index (κ2) is 18.2. The van der Waals surface area contributed by atoms with Crippen LogP contribution in [0, 0.1) is 11.8 Å². The normalized spacial score (nSPS) is 14.2. The van der Waals surface area contributed by atoms with E-state index >= 15 is 0 Å². The van der Waals surface area contributed by atoms with Gasteiger partial charge in [-0.15, -0.1) is 34.8 Å². The molecule has 0 nitrogen and oxygen atoms in total. The maximum Gasteiger partial charge on any atom is 0.0251 e. The monoisotopic (exact) mass is 370 g/mol. The van der Waals surface area contributed by atoms with E-state index in [1.54, 1.807) is 0 Å². The van der Waals surface area contributed by atoms with Crippen molar-refractivity contribution in [3.05, 3.63) is 0 Å². The van der Waals surface area contributed by atoms with Gasteiger partial charge in [0, 0.05) is 17.6 Å². The zero-order valence-corrected chi connectivity index (χ0v) is 16.9. The molecule has 0 fully saturated rings. The molecule has 0 bridgehead atoms. The topological polar surface area (TPSA) is 0 Å². The van der Waals surface area contributed by atoms with Crippen molar-refractivity contribution in [1.29, 1.82) is 0 Å². The summed E-state index contributed by atoms with van der Waals surface area (Å²) in [5.74, 6) is 4.04. The molecule has 0 aromatic rings. The van der Waals surface area contributed by atoms with E-state index in [4.69, 9.17) is 34.8 Å². The number of rotatable bonds is 17. The van der Waals surface area contributed by atoms with E-state index in [1.807, 2.05) is 0 Å². The fraction of sp³-hybridized carbons (Fsp3) is 1.00. The predicted molar refractivity (Wildman–Crippen MR) is 105 cm³/mol. The molecule has 0 aliphatic rings. The van der Waals surface area contributed by atoms with Gasteiger partial charge in [-0.05, 0) is 37.5 Å². The summed E-state index contributed by atoms with van der Waals surface area (Å²) >= 11 is 17.7. The number of alkyl halides is 3. The molecule has 0 spiro atoms. The minimum absolute atomic E-state index is 0.710. The van der Waals surface area contributed by atoms with Crippen LogP contribution in [0.15, 0.2) is 0 Å². The molecule has 0 aliphatic carbocycles. The van der Waals surface area contributed by atoms with E-state index in [9.17, 15) is 0 Å². The van der Waals surface area contributed by atoms with Gasteiger partial charge in [-0.2, -0.15) is 0 Å². The van der Waals surface area contributed by atoms with Crippen molar-refractivity contribution in [2.45, 2.75) is 90.4 Å². The molecule has 134 valence electrons. The first kappa shape index (κ1) is 22.9. The highest BCUT2D eigenvalue weighted by Gasteiger charge is 2.15. The van der Waals surface area contributed by atoms with E-state index in [1.165, 1.54) is 77.0 Å². The molecule has 0 heterocycles. The molecule has 3 heteroatoms. The minimum Gasteiger partial charge on any atom is -0.127 e. The summed E-state index contributed by atoms with van der Waals surface area (Å²) in [6.07, 6.45) is 17.0. The Morgan fingerprint density at radius 2 is 1.09 bits per heavy atom. The Hall–Kier alpha value is 0.870. The van der Waals surface area contributed by atoms with Gasteiger partial charge in [-0.3, -0.25) is 0 Å². The highest BCUT2D eigenvalue weighted by Crippen LogP contribution is 2.28. The fourth-order valence-electron chi connectivity index (χ4n) is 3.19. The average Bonchev–Trinajstić information content (AvgIpc) is 2.54. The molecule has 0 rings (SSSR count). The van der Waals surface area contributed by atoms with Crippen LogP contribution in [0.25, 0.3) is 0 Å². The minimum atomic E-state index is 0.710. The summed E-state index contributed by atoms with van der Waals surface area (Å²) in [5, 5.41) is 0. The Balaban J connectivity index is 3.99. The number of hydrogen-bond acceptors (Lipinski definition) is 0. The van der Waals surface area contributed by atoms with Crippen molar-refractivity contribution in [3.8, 4) is 0 Å². The van der Waals surface area contributed by atoms with E-state index in [0.29, 0.717) is 5.92 Å². The van der Waals surface area contributed by atoms with E-state index < -0.39 is 0 Å². The first-order valence-corrected chi connectivity index (χ1v) is 11.1. The molecule has 2 atom stereocenters. The van der Waals surface area contributed by atoms with Crippen molar-refractivity contribution in [3.63, 3.8) is 0 Å². The lowest BCUT2D eigenvalue weighted by atomic mass is 9.85. The molecule has 0 N–H and O–H groups in total. The highest BCUT2D eigenvalue weighted by molar-refractivity contribution is 6.18. The first-order chi connectivity index (χ1) is 10.8. The van der Waals surface area contributed by atoms with Gasteiger partial charge in [0.2, 0.25) is 0 Å². The van der Waals surface area contributed by atoms with Crippen molar-refractivity contribution in [2.75, 3.05) is 17.6 Å².